The third kappa shape index (κ3) is 4.49. The van der Waals surface area contributed by atoms with Crippen LogP contribution in [0.5, 0.6) is 0 Å². The standard InChI is InChI=1S/C23H27N5O/c1-18-8-6-7-11-21(18)22-17-27(14-15-29-22)23(24-2)25-16-19-12-13-28(26-19)20-9-4-3-5-10-20/h3-13,22H,14-17H2,1-2H3,(H,24,25). The van der Waals surface area contributed by atoms with Crippen molar-refractivity contribution in [2.45, 2.75) is 19.6 Å². The molecule has 0 spiro atoms. The number of nitrogens with one attached hydrogen (secondary N) is 1. The van der Waals surface area contributed by atoms with E-state index in [1.54, 1.807) is 0 Å². The van der Waals surface area contributed by atoms with E-state index in [9.17, 15) is 0 Å². The van der Waals surface area contributed by atoms with Crippen molar-refractivity contribution in [3.63, 3.8) is 0 Å². The average Bonchev–Trinajstić information content (AvgIpc) is 3.24. The molecule has 6 heteroatoms. The van der Waals surface area contributed by atoms with E-state index >= 15 is 0 Å². The van der Waals surface area contributed by atoms with Gasteiger partial charge in [-0.3, -0.25) is 4.99 Å². The zero-order valence-electron chi connectivity index (χ0n) is 17.0. The second kappa shape index (κ2) is 8.92. The number of hydrogen-bond donors (Lipinski definition) is 1. The minimum atomic E-state index is 0.0563. The molecule has 6 nitrogen and oxygen atoms in total. The maximum Gasteiger partial charge on any atom is 0.194 e. The van der Waals surface area contributed by atoms with E-state index in [0.717, 1.165) is 30.4 Å². The second-order valence-corrected chi connectivity index (χ2v) is 7.15. The van der Waals surface area contributed by atoms with Gasteiger partial charge in [-0.15, -0.1) is 0 Å². The molecule has 1 aromatic heterocycles. The van der Waals surface area contributed by atoms with E-state index < -0.39 is 0 Å². The first-order valence-corrected chi connectivity index (χ1v) is 9.97. The third-order valence-corrected chi connectivity index (χ3v) is 5.21. The van der Waals surface area contributed by atoms with E-state index in [-0.39, 0.29) is 6.10 Å². The number of rotatable bonds is 4. The highest BCUT2D eigenvalue weighted by Gasteiger charge is 2.25. The Balaban J connectivity index is 1.39. The van der Waals surface area contributed by atoms with E-state index in [0.29, 0.717) is 13.2 Å². The molecule has 3 aromatic rings. The summed E-state index contributed by atoms with van der Waals surface area (Å²) in [6, 6.07) is 20.6. The highest BCUT2D eigenvalue weighted by atomic mass is 16.5. The van der Waals surface area contributed by atoms with Crippen LogP contribution in [0.4, 0.5) is 0 Å². The molecule has 1 atom stereocenters. The van der Waals surface area contributed by atoms with Crippen molar-refractivity contribution in [3.05, 3.63) is 83.7 Å². The van der Waals surface area contributed by atoms with Crippen LogP contribution in [0.3, 0.4) is 0 Å². The summed E-state index contributed by atoms with van der Waals surface area (Å²) in [5.41, 5.74) is 4.53. The molecule has 2 heterocycles. The fourth-order valence-corrected chi connectivity index (χ4v) is 3.66. The molecule has 1 fully saturated rings. The van der Waals surface area contributed by atoms with Gasteiger partial charge in [0.2, 0.25) is 0 Å². The van der Waals surface area contributed by atoms with Gasteiger partial charge < -0.3 is 15.0 Å². The van der Waals surface area contributed by atoms with Crippen molar-refractivity contribution >= 4 is 5.96 Å². The highest BCUT2D eigenvalue weighted by molar-refractivity contribution is 5.80. The molecule has 150 valence electrons. The molecular formula is C23H27N5O. The topological polar surface area (TPSA) is 54.7 Å². The van der Waals surface area contributed by atoms with Gasteiger partial charge >= 0.3 is 0 Å². The van der Waals surface area contributed by atoms with Crippen LogP contribution in [0.25, 0.3) is 5.69 Å². The van der Waals surface area contributed by atoms with Gasteiger partial charge in [0, 0.05) is 19.8 Å². The fourth-order valence-electron chi connectivity index (χ4n) is 3.66. The molecule has 1 aliphatic heterocycles. The van der Waals surface area contributed by atoms with Gasteiger partial charge in [-0.2, -0.15) is 5.10 Å². The van der Waals surface area contributed by atoms with Gasteiger partial charge in [0.1, 0.15) is 6.10 Å². The summed E-state index contributed by atoms with van der Waals surface area (Å²) in [6.07, 6.45) is 2.04. The number of nitrogens with zero attached hydrogens (tertiary/aromatic N) is 4. The van der Waals surface area contributed by atoms with Gasteiger partial charge in [0.05, 0.1) is 31.1 Å². The number of morpholine rings is 1. The minimum Gasteiger partial charge on any atom is -0.370 e. The Morgan fingerprint density at radius 1 is 1.14 bits per heavy atom. The number of ether oxygens (including phenoxy) is 1. The fraction of sp³-hybridized carbons (Fsp3) is 0.304. The SMILES string of the molecule is CN=C(NCc1ccn(-c2ccccc2)n1)N1CCOC(c2ccccc2C)C1. The summed E-state index contributed by atoms with van der Waals surface area (Å²) < 4.78 is 7.94. The van der Waals surface area contributed by atoms with Crippen LogP contribution in [0.2, 0.25) is 0 Å². The molecule has 1 saturated heterocycles. The van der Waals surface area contributed by atoms with Crippen LogP contribution in [0.1, 0.15) is 22.9 Å². The predicted molar refractivity (Wildman–Crippen MR) is 115 cm³/mol. The summed E-state index contributed by atoms with van der Waals surface area (Å²) in [4.78, 5) is 6.74. The van der Waals surface area contributed by atoms with Crippen LogP contribution in [-0.4, -0.2) is 47.4 Å². The molecule has 4 rings (SSSR count). The number of aliphatic imine (C=N–C) groups is 1. The van der Waals surface area contributed by atoms with Crippen LogP contribution in [0, 0.1) is 6.92 Å². The Morgan fingerprint density at radius 3 is 2.72 bits per heavy atom. The lowest BCUT2D eigenvalue weighted by Gasteiger charge is -2.35. The van der Waals surface area contributed by atoms with Gasteiger partial charge in [0.15, 0.2) is 5.96 Å². The number of benzene rings is 2. The molecule has 0 bridgehead atoms. The molecule has 0 amide bonds. The molecule has 2 aromatic carbocycles. The second-order valence-electron chi connectivity index (χ2n) is 7.15. The lowest BCUT2D eigenvalue weighted by Crippen LogP contribution is -2.48. The van der Waals surface area contributed by atoms with Crippen LogP contribution < -0.4 is 5.32 Å². The van der Waals surface area contributed by atoms with Crippen LogP contribution in [-0.2, 0) is 11.3 Å². The Bertz CT molecular complexity index is 966. The Hall–Kier alpha value is -3.12. The predicted octanol–water partition coefficient (Wildman–Crippen LogP) is 3.33. The minimum absolute atomic E-state index is 0.0563. The van der Waals surface area contributed by atoms with Crippen molar-refractivity contribution in [1.29, 1.82) is 0 Å². The molecule has 0 aliphatic carbocycles. The average molecular weight is 390 g/mol. The maximum atomic E-state index is 6.04. The van der Waals surface area contributed by atoms with Crippen molar-refractivity contribution in [2.75, 3.05) is 26.7 Å². The Labute approximate surface area is 171 Å². The highest BCUT2D eigenvalue weighted by Crippen LogP contribution is 2.25. The first kappa shape index (κ1) is 19.2. The van der Waals surface area contributed by atoms with Gasteiger partial charge in [0.25, 0.3) is 0 Å². The number of aryl methyl sites for hydroxylation is 1. The lowest BCUT2D eigenvalue weighted by molar-refractivity contribution is -0.00834. The van der Waals surface area contributed by atoms with Crippen molar-refractivity contribution in [2.24, 2.45) is 4.99 Å². The molecule has 0 saturated carbocycles. The summed E-state index contributed by atoms with van der Waals surface area (Å²) in [5, 5.41) is 8.11. The summed E-state index contributed by atoms with van der Waals surface area (Å²) in [5.74, 6) is 0.876. The lowest BCUT2D eigenvalue weighted by atomic mass is 10.0. The number of hydrogen-bond acceptors (Lipinski definition) is 3. The largest absolute Gasteiger partial charge is 0.370 e. The smallest absolute Gasteiger partial charge is 0.194 e. The summed E-state index contributed by atoms with van der Waals surface area (Å²) in [6.45, 7) is 5.04. The van der Waals surface area contributed by atoms with E-state index in [1.807, 2.05) is 54.3 Å². The first-order valence-electron chi connectivity index (χ1n) is 9.97. The zero-order chi connectivity index (χ0) is 20.1. The van der Waals surface area contributed by atoms with Crippen molar-refractivity contribution in [1.82, 2.24) is 20.0 Å². The monoisotopic (exact) mass is 389 g/mol. The van der Waals surface area contributed by atoms with Crippen LogP contribution >= 0.6 is 0 Å². The van der Waals surface area contributed by atoms with Gasteiger partial charge in [-0.05, 0) is 36.2 Å². The molecular weight excluding hydrogens is 362 g/mol. The Kier molecular flexibility index (Phi) is 5.91. The van der Waals surface area contributed by atoms with Gasteiger partial charge in [-0.1, -0.05) is 42.5 Å². The number of aromatic nitrogens is 2. The quantitative estimate of drug-likeness (QED) is 0.549. The maximum absolute atomic E-state index is 6.04. The first-order chi connectivity index (χ1) is 14.2. The zero-order valence-corrected chi connectivity index (χ0v) is 17.0. The Morgan fingerprint density at radius 2 is 1.93 bits per heavy atom. The molecule has 1 unspecified atom stereocenters. The van der Waals surface area contributed by atoms with Crippen LogP contribution in [0.15, 0.2) is 71.9 Å². The normalized spacial score (nSPS) is 17.4. The molecule has 0 radical (unpaired) electrons. The number of guanidine groups is 1. The molecule has 1 N–H and O–H groups in total. The van der Waals surface area contributed by atoms with Crippen molar-refractivity contribution < 1.29 is 4.74 Å². The van der Waals surface area contributed by atoms with Crippen molar-refractivity contribution in [3.8, 4) is 5.69 Å². The number of para-hydroxylation sites is 1. The third-order valence-electron chi connectivity index (χ3n) is 5.21. The van der Waals surface area contributed by atoms with E-state index in [4.69, 9.17) is 4.74 Å². The summed E-state index contributed by atoms with van der Waals surface area (Å²) in [7, 11) is 1.82. The van der Waals surface area contributed by atoms with E-state index in [2.05, 4.69) is 51.5 Å². The summed E-state index contributed by atoms with van der Waals surface area (Å²) >= 11 is 0. The molecule has 1 aliphatic rings. The van der Waals surface area contributed by atoms with Gasteiger partial charge in [-0.25, -0.2) is 4.68 Å². The molecule has 29 heavy (non-hydrogen) atoms. The van der Waals surface area contributed by atoms with E-state index in [1.165, 1.54) is 11.1 Å².